The number of carboxylic acids is 1. The van der Waals surface area contributed by atoms with E-state index in [4.69, 9.17) is 9.84 Å². The standard InChI is InChI=1S/C13H21F2NO4/c1-12(2,3)20-11(19)16-9(10(17)18)6-8-4-5-13(14,15)7-8/h8-9H,4-7H2,1-3H3,(H,16,19)(H,17,18)/t8?,9-/m0/s1. The average Bonchev–Trinajstić information content (AvgIpc) is 2.54. The fourth-order valence-corrected chi connectivity index (χ4v) is 2.25. The summed E-state index contributed by atoms with van der Waals surface area (Å²) in [7, 11) is 0. The molecule has 1 rings (SSSR count). The van der Waals surface area contributed by atoms with Crippen molar-refractivity contribution < 1.29 is 28.2 Å². The molecule has 0 aromatic rings. The molecule has 2 N–H and O–H groups in total. The minimum Gasteiger partial charge on any atom is -0.480 e. The maximum atomic E-state index is 13.1. The van der Waals surface area contributed by atoms with E-state index in [1.54, 1.807) is 20.8 Å². The Bertz CT molecular complexity index is 379. The molecule has 0 aliphatic heterocycles. The number of nitrogens with one attached hydrogen (secondary N) is 1. The zero-order valence-corrected chi connectivity index (χ0v) is 11.9. The van der Waals surface area contributed by atoms with E-state index in [-0.39, 0.29) is 25.7 Å². The van der Waals surface area contributed by atoms with Crippen molar-refractivity contribution in [3.8, 4) is 0 Å². The van der Waals surface area contributed by atoms with E-state index in [2.05, 4.69) is 5.32 Å². The van der Waals surface area contributed by atoms with Crippen molar-refractivity contribution in [3.63, 3.8) is 0 Å². The highest BCUT2D eigenvalue weighted by Crippen LogP contribution is 2.40. The van der Waals surface area contributed by atoms with Gasteiger partial charge in [-0.1, -0.05) is 0 Å². The van der Waals surface area contributed by atoms with Crippen LogP contribution in [0.1, 0.15) is 46.5 Å². The van der Waals surface area contributed by atoms with E-state index in [0.29, 0.717) is 0 Å². The molecular formula is C13H21F2NO4. The number of hydrogen-bond acceptors (Lipinski definition) is 3. The molecule has 1 aliphatic rings. The molecule has 0 aromatic heterocycles. The van der Waals surface area contributed by atoms with Gasteiger partial charge in [-0.25, -0.2) is 18.4 Å². The van der Waals surface area contributed by atoms with Gasteiger partial charge in [0.05, 0.1) is 0 Å². The molecule has 1 aliphatic carbocycles. The van der Waals surface area contributed by atoms with Crippen LogP contribution in [0.5, 0.6) is 0 Å². The Morgan fingerprint density at radius 3 is 2.45 bits per heavy atom. The molecule has 1 saturated carbocycles. The van der Waals surface area contributed by atoms with Crippen LogP contribution >= 0.6 is 0 Å². The van der Waals surface area contributed by atoms with Crippen LogP contribution in [0.15, 0.2) is 0 Å². The van der Waals surface area contributed by atoms with Gasteiger partial charge >= 0.3 is 12.1 Å². The molecule has 20 heavy (non-hydrogen) atoms. The topological polar surface area (TPSA) is 75.6 Å². The molecule has 0 heterocycles. The minimum atomic E-state index is -2.72. The smallest absolute Gasteiger partial charge is 0.408 e. The first-order chi connectivity index (χ1) is 8.98. The lowest BCUT2D eigenvalue weighted by Crippen LogP contribution is -2.44. The summed E-state index contributed by atoms with van der Waals surface area (Å²) in [4.78, 5) is 22.6. The summed E-state index contributed by atoms with van der Waals surface area (Å²) in [5.41, 5.74) is -0.743. The number of amides is 1. The van der Waals surface area contributed by atoms with Crippen molar-refractivity contribution in [1.29, 1.82) is 0 Å². The molecule has 1 amide bonds. The molecule has 5 nitrogen and oxygen atoms in total. The van der Waals surface area contributed by atoms with Gasteiger partial charge in [0, 0.05) is 12.8 Å². The summed E-state index contributed by atoms with van der Waals surface area (Å²) in [6.45, 7) is 4.96. The molecule has 2 atom stereocenters. The molecule has 0 aromatic carbocycles. The summed E-state index contributed by atoms with van der Waals surface area (Å²) < 4.78 is 31.1. The Labute approximate surface area is 116 Å². The van der Waals surface area contributed by atoms with Gasteiger partial charge in [0.1, 0.15) is 11.6 Å². The van der Waals surface area contributed by atoms with Crippen LogP contribution < -0.4 is 5.32 Å². The number of alkyl carbamates (subject to hydrolysis) is 1. The Balaban J connectivity index is 2.54. The van der Waals surface area contributed by atoms with E-state index in [0.717, 1.165) is 0 Å². The third-order valence-corrected chi connectivity index (χ3v) is 3.06. The molecular weight excluding hydrogens is 272 g/mol. The van der Waals surface area contributed by atoms with Gasteiger partial charge in [-0.3, -0.25) is 0 Å². The van der Waals surface area contributed by atoms with Gasteiger partial charge in [-0.05, 0) is 39.5 Å². The predicted molar refractivity (Wildman–Crippen MR) is 67.7 cm³/mol. The Kier molecular flexibility index (Phi) is 4.94. The van der Waals surface area contributed by atoms with Crippen LogP contribution in [0.25, 0.3) is 0 Å². The number of alkyl halides is 2. The van der Waals surface area contributed by atoms with Crippen LogP contribution in [-0.2, 0) is 9.53 Å². The first kappa shape index (κ1) is 16.7. The molecule has 0 saturated heterocycles. The van der Waals surface area contributed by atoms with Crippen molar-refractivity contribution in [2.24, 2.45) is 5.92 Å². The first-order valence-electron chi connectivity index (χ1n) is 6.59. The van der Waals surface area contributed by atoms with Gasteiger partial charge in [-0.2, -0.15) is 0 Å². The van der Waals surface area contributed by atoms with Crippen LogP contribution in [-0.4, -0.2) is 34.7 Å². The van der Waals surface area contributed by atoms with E-state index in [9.17, 15) is 18.4 Å². The quantitative estimate of drug-likeness (QED) is 0.835. The Morgan fingerprint density at radius 1 is 1.45 bits per heavy atom. The number of aliphatic carboxylic acids is 1. The zero-order valence-electron chi connectivity index (χ0n) is 11.9. The fraction of sp³-hybridized carbons (Fsp3) is 0.846. The lowest BCUT2D eigenvalue weighted by molar-refractivity contribution is -0.140. The van der Waals surface area contributed by atoms with E-state index in [1.165, 1.54) is 0 Å². The molecule has 1 unspecified atom stereocenters. The van der Waals surface area contributed by atoms with Gasteiger partial charge in [0.25, 0.3) is 0 Å². The van der Waals surface area contributed by atoms with Crippen LogP contribution in [0.3, 0.4) is 0 Å². The third-order valence-electron chi connectivity index (χ3n) is 3.06. The lowest BCUT2D eigenvalue weighted by atomic mass is 9.98. The Hall–Kier alpha value is -1.40. The first-order valence-corrected chi connectivity index (χ1v) is 6.59. The van der Waals surface area contributed by atoms with Crippen LogP contribution in [0, 0.1) is 5.92 Å². The summed E-state index contributed by atoms with van der Waals surface area (Å²) in [6.07, 6.45) is -1.14. The highest BCUT2D eigenvalue weighted by atomic mass is 19.3. The zero-order chi connectivity index (χ0) is 15.6. The van der Waals surface area contributed by atoms with Crippen molar-refractivity contribution in [3.05, 3.63) is 0 Å². The number of halogens is 2. The molecule has 0 bridgehead atoms. The van der Waals surface area contributed by atoms with E-state index < -0.39 is 35.5 Å². The maximum Gasteiger partial charge on any atom is 0.408 e. The van der Waals surface area contributed by atoms with E-state index in [1.807, 2.05) is 0 Å². The Morgan fingerprint density at radius 2 is 2.05 bits per heavy atom. The number of carboxylic acid groups (broad SMARTS) is 1. The monoisotopic (exact) mass is 293 g/mol. The minimum absolute atomic E-state index is 0.00976. The third kappa shape index (κ3) is 5.71. The summed E-state index contributed by atoms with van der Waals surface area (Å²) in [5, 5.41) is 11.3. The number of ether oxygens (including phenoxy) is 1. The molecule has 116 valence electrons. The van der Waals surface area contributed by atoms with Crippen LogP contribution in [0.4, 0.5) is 13.6 Å². The largest absolute Gasteiger partial charge is 0.480 e. The SMILES string of the molecule is CC(C)(C)OC(=O)N[C@@H](CC1CCC(F)(F)C1)C(=O)O. The molecule has 0 radical (unpaired) electrons. The molecule has 7 heteroatoms. The van der Waals surface area contributed by atoms with Gasteiger partial charge in [0.15, 0.2) is 0 Å². The van der Waals surface area contributed by atoms with Crippen molar-refractivity contribution in [1.82, 2.24) is 5.32 Å². The van der Waals surface area contributed by atoms with Crippen molar-refractivity contribution in [2.45, 2.75) is 64.0 Å². The summed E-state index contributed by atoms with van der Waals surface area (Å²) in [5.74, 6) is -4.37. The van der Waals surface area contributed by atoms with Gasteiger partial charge in [-0.15, -0.1) is 0 Å². The number of carbonyl (C=O) groups is 2. The second-order valence-corrected chi connectivity index (χ2v) is 6.24. The average molecular weight is 293 g/mol. The second kappa shape index (κ2) is 5.93. The highest BCUT2D eigenvalue weighted by Gasteiger charge is 2.41. The number of rotatable bonds is 4. The van der Waals surface area contributed by atoms with Crippen molar-refractivity contribution >= 4 is 12.1 Å². The van der Waals surface area contributed by atoms with Crippen molar-refractivity contribution in [2.75, 3.05) is 0 Å². The second-order valence-electron chi connectivity index (χ2n) is 6.24. The number of carbonyl (C=O) groups excluding carboxylic acids is 1. The molecule has 0 spiro atoms. The van der Waals surface area contributed by atoms with Gasteiger partial charge < -0.3 is 15.2 Å². The van der Waals surface area contributed by atoms with E-state index >= 15 is 0 Å². The molecule has 1 fully saturated rings. The van der Waals surface area contributed by atoms with Crippen LogP contribution in [0.2, 0.25) is 0 Å². The predicted octanol–water partition coefficient (Wildman–Crippen LogP) is 2.79. The maximum absolute atomic E-state index is 13.1. The highest BCUT2D eigenvalue weighted by molar-refractivity contribution is 5.80. The van der Waals surface area contributed by atoms with Gasteiger partial charge in [0.2, 0.25) is 5.92 Å². The normalized spacial score (nSPS) is 23.1. The summed E-state index contributed by atoms with van der Waals surface area (Å²) in [6, 6.07) is -1.20. The number of hydrogen-bond donors (Lipinski definition) is 2. The fourth-order valence-electron chi connectivity index (χ4n) is 2.25. The summed E-state index contributed by atoms with van der Waals surface area (Å²) >= 11 is 0. The lowest BCUT2D eigenvalue weighted by Gasteiger charge is -2.23.